The number of hydrogen-bond acceptors (Lipinski definition) is 7. The van der Waals surface area contributed by atoms with E-state index >= 15 is 0 Å². The molecule has 0 bridgehead atoms. The van der Waals surface area contributed by atoms with E-state index in [1.807, 2.05) is 4.98 Å². The summed E-state index contributed by atoms with van der Waals surface area (Å²) >= 11 is 0. The summed E-state index contributed by atoms with van der Waals surface area (Å²) in [5, 5.41) is 9.89. The number of carbonyl (C=O) groups excluding carboxylic acids is 1. The van der Waals surface area contributed by atoms with Crippen LogP contribution in [0.3, 0.4) is 0 Å². The van der Waals surface area contributed by atoms with E-state index in [2.05, 4.69) is 0 Å². The zero-order chi connectivity index (χ0) is 18.1. The number of aromatic amines is 1. The summed E-state index contributed by atoms with van der Waals surface area (Å²) in [5.41, 5.74) is -2.70. The van der Waals surface area contributed by atoms with E-state index in [0.29, 0.717) is 0 Å². The van der Waals surface area contributed by atoms with Crippen LogP contribution in [-0.4, -0.2) is 51.9 Å². The number of rotatable bonds is 5. The number of aromatic nitrogens is 2. The van der Waals surface area contributed by atoms with E-state index in [-0.39, 0.29) is 6.42 Å². The van der Waals surface area contributed by atoms with Gasteiger partial charge in [0.1, 0.15) is 12.3 Å². The fourth-order valence-corrected chi connectivity index (χ4v) is 2.10. The molecular weight excluding hydrogens is 327 g/mol. The molecule has 1 aliphatic heterocycles. The lowest BCUT2D eigenvalue weighted by molar-refractivity contribution is -0.222. The molecule has 0 spiro atoms. The Kier molecular flexibility index (Phi) is 4.92. The van der Waals surface area contributed by atoms with Gasteiger partial charge in [-0.25, -0.2) is 14.0 Å². The quantitative estimate of drug-likeness (QED) is 0.686. The number of hydrogen-bond donors (Lipinski definition) is 2. The Labute approximate surface area is 136 Å². The van der Waals surface area contributed by atoms with E-state index in [4.69, 9.17) is 14.2 Å². The number of ether oxygens (including phenoxy) is 3. The second kappa shape index (κ2) is 6.46. The maximum absolute atomic E-state index is 14.7. The smallest absolute Gasteiger partial charge is 0.338 e. The number of aliphatic hydroxyl groups is 1. The number of esters is 1. The summed E-state index contributed by atoms with van der Waals surface area (Å²) in [4.78, 5) is 36.5. The standard InChI is InChI=1S/C14H19FN2O7/c1-13(2,22-3)11(20)23-7-14(15)8(18)6-10(24-14)17-5-4-9(19)16-12(17)21/h4-5,8,10,18H,6-7H2,1-3H3,(H,16,19,21)/t8-,10+,14+/m0/s1. The predicted octanol–water partition coefficient (Wildman–Crippen LogP) is -0.550. The number of alkyl halides is 1. The van der Waals surface area contributed by atoms with Gasteiger partial charge in [0.2, 0.25) is 0 Å². The summed E-state index contributed by atoms with van der Waals surface area (Å²) in [6, 6.07) is 1.07. The maximum Gasteiger partial charge on any atom is 0.338 e. The van der Waals surface area contributed by atoms with Gasteiger partial charge in [-0.05, 0) is 13.8 Å². The number of carbonyl (C=O) groups is 1. The highest BCUT2D eigenvalue weighted by molar-refractivity contribution is 5.78. The van der Waals surface area contributed by atoms with Crippen molar-refractivity contribution >= 4 is 5.97 Å². The second-order valence-corrected chi connectivity index (χ2v) is 5.92. The first-order valence-electron chi connectivity index (χ1n) is 7.18. The van der Waals surface area contributed by atoms with E-state index in [0.717, 1.165) is 16.8 Å². The summed E-state index contributed by atoms with van der Waals surface area (Å²) in [6.45, 7) is 2.01. The molecule has 0 unspecified atom stereocenters. The molecule has 1 aliphatic rings. The first kappa shape index (κ1) is 18.3. The molecule has 0 amide bonds. The number of methoxy groups -OCH3 is 1. The average Bonchev–Trinajstić information content (AvgIpc) is 2.80. The first-order chi connectivity index (χ1) is 11.1. The fourth-order valence-electron chi connectivity index (χ4n) is 2.10. The Bertz CT molecular complexity index is 728. The van der Waals surface area contributed by atoms with Crippen molar-refractivity contribution in [3.8, 4) is 0 Å². The van der Waals surface area contributed by atoms with E-state index in [9.17, 15) is 23.9 Å². The van der Waals surface area contributed by atoms with Crippen molar-refractivity contribution in [2.75, 3.05) is 13.7 Å². The molecule has 9 nitrogen and oxygen atoms in total. The molecule has 0 radical (unpaired) electrons. The van der Waals surface area contributed by atoms with Gasteiger partial charge in [-0.3, -0.25) is 14.3 Å². The van der Waals surface area contributed by atoms with E-state index < -0.39 is 47.6 Å². The van der Waals surface area contributed by atoms with Crippen LogP contribution in [0.5, 0.6) is 0 Å². The minimum absolute atomic E-state index is 0.256. The molecule has 24 heavy (non-hydrogen) atoms. The Morgan fingerprint density at radius 2 is 2.25 bits per heavy atom. The highest BCUT2D eigenvalue weighted by atomic mass is 19.2. The van der Waals surface area contributed by atoms with Crippen LogP contribution in [-0.2, 0) is 19.0 Å². The van der Waals surface area contributed by atoms with Gasteiger partial charge >= 0.3 is 11.7 Å². The minimum atomic E-state index is -2.68. The van der Waals surface area contributed by atoms with Gasteiger partial charge in [0.25, 0.3) is 11.4 Å². The van der Waals surface area contributed by atoms with Crippen molar-refractivity contribution in [1.29, 1.82) is 0 Å². The van der Waals surface area contributed by atoms with Gasteiger partial charge in [-0.15, -0.1) is 0 Å². The zero-order valence-electron chi connectivity index (χ0n) is 13.4. The fraction of sp³-hybridized carbons (Fsp3) is 0.643. The number of halogens is 1. The van der Waals surface area contributed by atoms with Crippen molar-refractivity contribution in [2.45, 2.75) is 44.1 Å². The van der Waals surface area contributed by atoms with Crippen LogP contribution in [0.2, 0.25) is 0 Å². The zero-order valence-corrected chi connectivity index (χ0v) is 13.4. The molecule has 2 rings (SSSR count). The molecule has 1 aromatic rings. The molecule has 134 valence electrons. The predicted molar refractivity (Wildman–Crippen MR) is 78.0 cm³/mol. The third-order valence-corrected chi connectivity index (χ3v) is 3.82. The monoisotopic (exact) mass is 346 g/mol. The van der Waals surface area contributed by atoms with Gasteiger partial charge in [-0.1, -0.05) is 0 Å². The summed E-state index contributed by atoms with van der Waals surface area (Å²) in [5.74, 6) is -3.51. The number of nitrogens with zero attached hydrogens (tertiary/aromatic N) is 1. The third kappa shape index (κ3) is 3.55. The van der Waals surface area contributed by atoms with E-state index in [1.165, 1.54) is 21.0 Å². The normalized spacial score (nSPS) is 27.2. The van der Waals surface area contributed by atoms with Crippen LogP contribution in [0, 0.1) is 0 Å². The van der Waals surface area contributed by atoms with Crippen molar-refractivity contribution in [1.82, 2.24) is 9.55 Å². The van der Waals surface area contributed by atoms with Crippen LogP contribution in [0.15, 0.2) is 21.9 Å². The topological polar surface area (TPSA) is 120 Å². The molecule has 1 aromatic heterocycles. The lowest BCUT2D eigenvalue weighted by Gasteiger charge is -2.26. The summed E-state index contributed by atoms with van der Waals surface area (Å²) in [6.07, 6.45) is -1.90. The van der Waals surface area contributed by atoms with Crippen molar-refractivity contribution in [2.24, 2.45) is 0 Å². The van der Waals surface area contributed by atoms with Crippen LogP contribution in [0.25, 0.3) is 0 Å². The number of nitrogens with one attached hydrogen (secondary N) is 1. The summed E-state index contributed by atoms with van der Waals surface area (Å²) < 4.78 is 30.5. The maximum atomic E-state index is 14.7. The second-order valence-electron chi connectivity index (χ2n) is 5.92. The van der Waals surface area contributed by atoms with Gasteiger partial charge in [0.15, 0.2) is 12.2 Å². The van der Waals surface area contributed by atoms with Gasteiger partial charge in [0, 0.05) is 25.8 Å². The Morgan fingerprint density at radius 1 is 1.58 bits per heavy atom. The molecule has 0 aromatic carbocycles. The molecule has 2 N–H and O–H groups in total. The van der Waals surface area contributed by atoms with Gasteiger partial charge in [-0.2, -0.15) is 0 Å². The van der Waals surface area contributed by atoms with Gasteiger partial charge < -0.3 is 19.3 Å². The molecule has 1 saturated heterocycles. The third-order valence-electron chi connectivity index (χ3n) is 3.82. The van der Waals surface area contributed by atoms with Crippen molar-refractivity contribution in [3.05, 3.63) is 33.1 Å². The highest BCUT2D eigenvalue weighted by Crippen LogP contribution is 2.37. The van der Waals surface area contributed by atoms with Crippen LogP contribution < -0.4 is 11.2 Å². The number of aliphatic hydroxyl groups excluding tert-OH is 1. The Hall–Kier alpha value is -2.04. The molecule has 1 fully saturated rings. The van der Waals surface area contributed by atoms with Gasteiger partial charge in [0.05, 0.1) is 0 Å². The van der Waals surface area contributed by atoms with Crippen LogP contribution >= 0.6 is 0 Å². The average molecular weight is 346 g/mol. The van der Waals surface area contributed by atoms with Crippen molar-refractivity contribution < 1.29 is 28.5 Å². The molecular formula is C14H19FN2O7. The Balaban J connectivity index is 2.10. The lowest BCUT2D eigenvalue weighted by atomic mass is 10.1. The number of H-pyrrole nitrogens is 1. The Morgan fingerprint density at radius 3 is 2.83 bits per heavy atom. The van der Waals surface area contributed by atoms with Crippen LogP contribution in [0.4, 0.5) is 4.39 Å². The first-order valence-corrected chi connectivity index (χ1v) is 7.18. The molecule has 10 heteroatoms. The van der Waals surface area contributed by atoms with E-state index in [1.54, 1.807) is 0 Å². The van der Waals surface area contributed by atoms with Crippen LogP contribution in [0.1, 0.15) is 26.5 Å². The lowest BCUT2D eigenvalue weighted by Crippen LogP contribution is -2.44. The minimum Gasteiger partial charge on any atom is -0.457 e. The molecule has 3 atom stereocenters. The summed E-state index contributed by atoms with van der Waals surface area (Å²) in [7, 11) is 1.30. The molecule has 0 saturated carbocycles. The van der Waals surface area contributed by atoms with Crippen molar-refractivity contribution in [3.63, 3.8) is 0 Å². The SMILES string of the molecule is COC(C)(C)C(=O)OC[C@@]1(F)O[C@@H](n2ccc(=O)[nH]c2=O)C[C@@H]1O. The highest BCUT2D eigenvalue weighted by Gasteiger charge is 2.51. The largest absolute Gasteiger partial charge is 0.457 e. The molecule has 2 heterocycles. The molecule has 0 aliphatic carbocycles.